The molecule has 0 bridgehead atoms. The van der Waals surface area contributed by atoms with Crippen molar-refractivity contribution < 1.29 is 14.3 Å². The van der Waals surface area contributed by atoms with E-state index in [1.165, 1.54) is 18.2 Å². The molecule has 0 atom stereocenters. The molecule has 0 unspecified atom stereocenters. The van der Waals surface area contributed by atoms with E-state index in [9.17, 15) is 14.3 Å². The fourth-order valence-corrected chi connectivity index (χ4v) is 3.01. The SMILES string of the molecule is O=C(c1cc(Cl)ccc1F)N1CCC(O)(c2cccnc2)CC1. The minimum atomic E-state index is -1.00. The number of hydrogen-bond donors (Lipinski definition) is 1. The summed E-state index contributed by atoms with van der Waals surface area (Å²) in [6, 6.07) is 7.52. The van der Waals surface area contributed by atoms with E-state index in [0.29, 0.717) is 31.0 Å². The van der Waals surface area contributed by atoms with Crippen molar-refractivity contribution in [2.75, 3.05) is 13.1 Å². The average Bonchev–Trinajstić information content (AvgIpc) is 2.58. The third-order valence-corrected chi connectivity index (χ3v) is 4.47. The summed E-state index contributed by atoms with van der Waals surface area (Å²) in [6.45, 7) is 0.687. The molecule has 2 heterocycles. The second kappa shape index (κ2) is 6.26. The second-order valence-electron chi connectivity index (χ2n) is 5.69. The molecule has 1 aliphatic rings. The summed E-state index contributed by atoms with van der Waals surface area (Å²) < 4.78 is 13.8. The molecule has 0 saturated carbocycles. The van der Waals surface area contributed by atoms with Gasteiger partial charge in [-0.3, -0.25) is 9.78 Å². The lowest BCUT2D eigenvalue weighted by atomic mass is 9.85. The molecule has 4 nitrogen and oxygen atoms in total. The Balaban J connectivity index is 1.74. The Morgan fingerprint density at radius 3 is 2.70 bits per heavy atom. The molecule has 1 saturated heterocycles. The van der Waals surface area contributed by atoms with Gasteiger partial charge in [0.25, 0.3) is 5.91 Å². The highest BCUT2D eigenvalue weighted by molar-refractivity contribution is 6.31. The Morgan fingerprint density at radius 1 is 1.30 bits per heavy atom. The summed E-state index contributed by atoms with van der Waals surface area (Å²) in [5.41, 5.74) is -0.303. The molecule has 1 aliphatic heterocycles. The Bertz CT molecular complexity index is 716. The smallest absolute Gasteiger partial charge is 0.256 e. The molecular formula is C17H16ClFN2O2. The van der Waals surface area contributed by atoms with Crippen molar-refractivity contribution in [2.24, 2.45) is 0 Å². The molecule has 1 aromatic heterocycles. The maximum Gasteiger partial charge on any atom is 0.256 e. The molecule has 0 radical (unpaired) electrons. The van der Waals surface area contributed by atoms with Crippen molar-refractivity contribution in [3.05, 3.63) is 64.7 Å². The van der Waals surface area contributed by atoms with Crippen LogP contribution in [0.1, 0.15) is 28.8 Å². The van der Waals surface area contributed by atoms with Crippen LogP contribution in [0.25, 0.3) is 0 Å². The first-order valence-electron chi connectivity index (χ1n) is 7.37. The third-order valence-electron chi connectivity index (χ3n) is 4.24. The standard InChI is InChI=1S/C17H16ClFN2O2/c18-13-3-4-15(19)14(10-13)16(22)21-8-5-17(23,6-9-21)12-2-1-7-20-11-12/h1-4,7,10-11,23H,5-6,8-9H2. The second-order valence-corrected chi connectivity index (χ2v) is 6.13. The first-order chi connectivity index (χ1) is 11.0. The van der Waals surface area contributed by atoms with Gasteiger partial charge >= 0.3 is 0 Å². The maximum absolute atomic E-state index is 13.8. The number of pyridine rings is 1. The van der Waals surface area contributed by atoms with Crippen LogP contribution in [0.3, 0.4) is 0 Å². The molecule has 1 N–H and O–H groups in total. The number of nitrogens with zero attached hydrogens (tertiary/aromatic N) is 2. The van der Waals surface area contributed by atoms with E-state index in [-0.39, 0.29) is 5.56 Å². The van der Waals surface area contributed by atoms with Gasteiger partial charge in [-0.2, -0.15) is 0 Å². The Labute approximate surface area is 138 Å². The van der Waals surface area contributed by atoms with Gasteiger partial charge in [-0.1, -0.05) is 17.7 Å². The fourth-order valence-electron chi connectivity index (χ4n) is 2.84. The van der Waals surface area contributed by atoms with E-state index in [1.807, 2.05) is 6.07 Å². The number of aliphatic hydroxyl groups is 1. The molecule has 0 spiro atoms. The van der Waals surface area contributed by atoms with E-state index in [4.69, 9.17) is 11.6 Å². The van der Waals surface area contributed by atoms with Crippen LogP contribution in [0.15, 0.2) is 42.7 Å². The normalized spacial score (nSPS) is 17.1. The highest BCUT2D eigenvalue weighted by atomic mass is 35.5. The Morgan fingerprint density at radius 2 is 2.04 bits per heavy atom. The number of hydrogen-bond acceptors (Lipinski definition) is 3. The quantitative estimate of drug-likeness (QED) is 0.918. The van der Waals surface area contributed by atoms with Crippen LogP contribution in [0, 0.1) is 5.82 Å². The molecule has 0 aliphatic carbocycles. The van der Waals surface area contributed by atoms with Crippen molar-refractivity contribution in [1.82, 2.24) is 9.88 Å². The maximum atomic E-state index is 13.8. The van der Waals surface area contributed by atoms with Gasteiger partial charge in [0.15, 0.2) is 0 Å². The van der Waals surface area contributed by atoms with Gasteiger partial charge in [0.05, 0.1) is 11.2 Å². The van der Waals surface area contributed by atoms with Gasteiger partial charge in [0.2, 0.25) is 0 Å². The lowest BCUT2D eigenvalue weighted by Gasteiger charge is -2.38. The number of rotatable bonds is 2. The zero-order valence-electron chi connectivity index (χ0n) is 12.4. The summed E-state index contributed by atoms with van der Waals surface area (Å²) in [5.74, 6) is -0.995. The summed E-state index contributed by atoms with van der Waals surface area (Å²) in [5, 5.41) is 11.1. The Kier molecular flexibility index (Phi) is 4.33. The van der Waals surface area contributed by atoms with E-state index >= 15 is 0 Å². The van der Waals surface area contributed by atoms with Crippen LogP contribution in [-0.2, 0) is 5.60 Å². The lowest BCUT2D eigenvalue weighted by molar-refractivity contribution is -0.0214. The zero-order valence-corrected chi connectivity index (χ0v) is 13.1. The fraction of sp³-hybridized carbons (Fsp3) is 0.294. The van der Waals surface area contributed by atoms with Gasteiger partial charge in [0, 0.05) is 36.1 Å². The Hall–Kier alpha value is -1.98. The molecule has 120 valence electrons. The van der Waals surface area contributed by atoms with Crippen LogP contribution in [0.5, 0.6) is 0 Å². The van der Waals surface area contributed by atoms with Crippen LogP contribution >= 0.6 is 11.6 Å². The van der Waals surface area contributed by atoms with E-state index in [0.717, 1.165) is 5.56 Å². The highest BCUT2D eigenvalue weighted by Gasteiger charge is 2.36. The van der Waals surface area contributed by atoms with Crippen molar-refractivity contribution in [3.8, 4) is 0 Å². The lowest BCUT2D eigenvalue weighted by Crippen LogP contribution is -2.45. The van der Waals surface area contributed by atoms with Gasteiger partial charge in [0.1, 0.15) is 5.82 Å². The van der Waals surface area contributed by atoms with Gasteiger partial charge < -0.3 is 10.0 Å². The third kappa shape index (κ3) is 3.21. The van der Waals surface area contributed by atoms with Crippen molar-refractivity contribution in [1.29, 1.82) is 0 Å². The molecule has 6 heteroatoms. The van der Waals surface area contributed by atoms with Gasteiger partial charge in [-0.25, -0.2) is 4.39 Å². The zero-order chi connectivity index (χ0) is 16.4. The number of amides is 1. The number of carbonyl (C=O) groups excluding carboxylic acids is 1. The summed E-state index contributed by atoms with van der Waals surface area (Å²) in [4.78, 5) is 18.0. The van der Waals surface area contributed by atoms with E-state index in [1.54, 1.807) is 23.4 Å². The molecule has 1 amide bonds. The van der Waals surface area contributed by atoms with Crippen LogP contribution < -0.4 is 0 Å². The topological polar surface area (TPSA) is 53.4 Å². The van der Waals surface area contributed by atoms with Crippen molar-refractivity contribution in [2.45, 2.75) is 18.4 Å². The summed E-state index contributed by atoms with van der Waals surface area (Å²) in [7, 11) is 0. The van der Waals surface area contributed by atoms with Crippen molar-refractivity contribution in [3.63, 3.8) is 0 Å². The van der Waals surface area contributed by atoms with Gasteiger partial charge in [-0.15, -0.1) is 0 Å². The predicted octanol–water partition coefficient (Wildman–Crippen LogP) is 3.00. The number of halogens is 2. The number of likely N-dealkylation sites (tertiary alicyclic amines) is 1. The van der Waals surface area contributed by atoms with Crippen LogP contribution in [0.4, 0.5) is 4.39 Å². The number of benzene rings is 1. The van der Waals surface area contributed by atoms with E-state index < -0.39 is 17.3 Å². The minimum Gasteiger partial charge on any atom is -0.385 e. The first-order valence-corrected chi connectivity index (χ1v) is 7.75. The number of aromatic nitrogens is 1. The van der Waals surface area contributed by atoms with Crippen LogP contribution in [0.2, 0.25) is 5.02 Å². The largest absolute Gasteiger partial charge is 0.385 e. The molecule has 23 heavy (non-hydrogen) atoms. The van der Waals surface area contributed by atoms with Crippen LogP contribution in [-0.4, -0.2) is 34.0 Å². The summed E-state index contributed by atoms with van der Waals surface area (Å²) >= 11 is 5.84. The molecule has 1 fully saturated rings. The monoisotopic (exact) mass is 334 g/mol. The summed E-state index contributed by atoms with van der Waals surface area (Å²) in [6.07, 6.45) is 4.04. The molecule has 1 aromatic carbocycles. The highest BCUT2D eigenvalue weighted by Crippen LogP contribution is 2.33. The van der Waals surface area contributed by atoms with Gasteiger partial charge in [-0.05, 0) is 37.1 Å². The predicted molar refractivity (Wildman–Crippen MR) is 84.7 cm³/mol. The minimum absolute atomic E-state index is 0.0377. The molecule has 2 aromatic rings. The molecular weight excluding hydrogens is 319 g/mol. The first kappa shape index (κ1) is 15.9. The number of piperidine rings is 1. The van der Waals surface area contributed by atoms with E-state index in [2.05, 4.69) is 4.98 Å². The average molecular weight is 335 g/mol. The molecule has 3 rings (SSSR count). The number of carbonyl (C=O) groups is 1. The van der Waals surface area contributed by atoms with Crippen molar-refractivity contribution >= 4 is 17.5 Å².